The summed E-state index contributed by atoms with van der Waals surface area (Å²) in [5, 5.41) is 0.369. The molecule has 0 heterocycles. The molecule has 0 aromatic heterocycles. The smallest absolute Gasteiger partial charge is 0.240 e. The molecule has 0 fully saturated rings. The monoisotopic (exact) mass is 307 g/mol. The number of benzene rings is 1. The molecule has 0 unspecified atom stereocenters. The Morgan fingerprint density at radius 1 is 1.26 bits per heavy atom. The van der Waals surface area contributed by atoms with Crippen molar-refractivity contribution in [2.45, 2.75) is 25.0 Å². The fraction of sp³-hybridized carbons (Fsp3) is 0.500. The lowest BCUT2D eigenvalue weighted by atomic mass is 10.4. The van der Waals surface area contributed by atoms with Crippen molar-refractivity contribution < 1.29 is 17.9 Å². The van der Waals surface area contributed by atoms with Crippen LogP contribution < -0.4 is 4.72 Å². The summed E-state index contributed by atoms with van der Waals surface area (Å²) >= 11 is 5.77. The number of sulfonamides is 1. The molecule has 1 aromatic rings. The van der Waals surface area contributed by atoms with Crippen LogP contribution >= 0.6 is 11.6 Å². The predicted molar refractivity (Wildman–Crippen MR) is 73.7 cm³/mol. The van der Waals surface area contributed by atoms with Gasteiger partial charge in [0, 0.05) is 18.2 Å². The van der Waals surface area contributed by atoms with E-state index >= 15 is 0 Å². The summed E-state index contributed by atoms with van der Waals surface area (Å²) in [6.07, 6.45) is -0.594. The molecule has 7 heteroatoms. The van der Waals surface area contributed by atoms with Gasteiger partial charge in [-0.15, -0.1) is 0 Å². The van der Waals surface area contributed by atoms with Gasteiger partial charge < -0.3 is 9.47 Å². The Labute approximate surface area is 118 Å². The highest BCUT2D eigenvalue weighted by atomic mass is 35.5. The molecule has 108 valence electrons. The van der Waals surface area contributed by atoms with Crippen molar-refractivity contribution in [1.29, 1.82) is 0 Å². The van der Waals surface area contributed by atoms with Crippen molar-refractivity contribution in [2.24, 2.45) is 0 Å². The molecule has 5 nitrogen and oxygen atoms in total. The van der Waals surface area contributed by atoms with E-state index in [9.17, 15) is 8.42 Å². The zero-order valence-corrected chi connectivity index (χ0v) is 12.5. The Balaban J connectivity index is 2.69. The van der Waals surface area contributed by atoms with Crippen LogP contribution in [0.2, 0.25) is 5.02 Å². The highest BCUT2D eigenvalue weighted by Gasteiger charge is 2.17. The summed E-state index contributed by atoms with van der Waals surface area (Å²) < 4.78 is 37.0. The van der Waals surface area contributed by atoms with Gasteiger partial charge in [-0.25, -0.2) is 13.1 Å². The van der Waals surface area contributed by atoms with Crippen molar-refractivity contribution in [3.05, 3.63) is 29.3 Å². The first-order valence-corrected chi connectivity index (χ1v) is 7.84. The van der Waals surface area contributed by atoms with Gasteiger partial charge in [-0.3, -0.25) is 0 Å². The Bertz CT molecular complexity index is 486. The minimum Gasteiger partial charge on any atom is -0.352 e. The van der Waals surface area contributed by atoms with Crippen LogP contribution in [-0.2, 0) is 19.5 Å². The molecule has 0 saturated heterocycles. The fourth-order valence-corrected chi connectivity index (χ4v) is 2.75. The highest BCUT2D eigenvalue weighted by molar-refractivity contribution is 7.89. The van der Waals surface area contributed by atoms with Gasteiger partial charge in [0.2, 0.25) is 10.0 Å². The minimum absolute atomic E-state index is 0.0521. The molecular weight excluding hydrogens is 290 g/mol. The summed E-state index contributed by atoms with van der Waals surface area (Å²) in [5.41, 5.74) is 0. The van der Waals surface area contributed by atoms with Crippen molar-refractivity contribution in [1.82, 2.24) is 4.72 Å². The van der Waals surface area contributed by atoms with Crippen LogP contribution in [0.3, 0.4) is 0 Å². The topological polar surface area (TPSA) is 64.6 Å². The lowest BCUT2D eigenvalue weighted by molar-refractivity contribution is -0.130. The van der Waals surface area contributed by atoms with Gasteiger partial charge in [-0.1, -0.05) is 17.7 Å². The molecule has 0 amide bonds. The molecule has 1 N–H and O–H groups in total. The first-order chi connectivity index (χ1) is 8.99. The highest BCUT2D eigenvalue weighted by Crippen LogP contribution is 2.15. The Morgan fingerprint density at radius 2 is 1.89 bits per heavy atom. The number of hydrogen-bond donors (Lipinski definition) is 1. The molecule has 0 bridgehead atoms. The normalized spacial score (nSPS) is 12.0. The van der Waals surface area contributed by atoms with Crippen molar-refractivity contribution in [3.63, 3.8) is 0 Å². The van der Waals surface area contributed by atoms with E-state index in [1.165, 1.54) is 12.1 Å². The predicted octanol–water partition coefficient (Wildman–Crippen LogP) is 2.02. The lowest BCUT2D eigenvalue weighted by Crippen LogP contribution is -2.35. The van der Waals surface area contributed by atoms with Gasteiger partial charge in [0.05, 0.1) is 11.4 Å². The van der Waals surface area contributed by atoms with Gasteiger partial charge >= 0.3 is 0 Å². The van der Waals surface area contributed by atoms with Gasteiger partial charge in [-0.05, 0) is 32.0 Å². The molecule has 0 saturated carbocycles. The van der Waals surface area contributed by atoms with E-state index in [-0.39, 0.29) is 11.4 Å². The van der Waals surface area contributed by atoms with Crippen LogP contribution in [0.4, 0.5) is 0 Å². The summed E-state index contributed by atoms with van der Waals surface area (Å²) in [6, 6.07) is 6.06. The van der Waals surface area contributed by atoms with E-state index in [4.69, 9.17) is 21.1 Å². The van der Waals surface area contributed by atoms with Crippen LogP contribution in [0.15, 0.2) is 29.2 Å². The number of ether oxygens (including phenoxy) is 2. The number of halogens is 1. The van der Waals surface area contributed by atoms with Gasteiger partial charge in [0.15, 0.2) is 6.29 Å². The fourth-order valence-electron chi connectivity index (χ4n) is 1.43. The molecule has 0 aliphatic rings. The Morgan fingerprint density at radius 3 is 2.42 bits per heavy atom. The van der Waals surface area contributed by atoms with Gasteiger partial charge in [-0.2, -0.15) is 0 Å². The van der Waals surface area contributed by atoms with E-state index in [1.54, 1.807) is 12.1 Å². The molecule has 1 aromatic carbocycles. The van der Waals surface area contributed by atoms with E-state index < -0.39 is 16.3 Å². The van der Waals surface area contributed by atoms with Gasteiger partial charge in [0.1, 0.15) is 0 Å². The first-order valence-electron chi connectivity index (χ1n) is 5.98. The van der Waals surface area contributed by atoms with Crippen LogP contribution in [-0.4, -0.2) is 34.5 Å². The SMILES string of the molecule is CCOC(CNS(=O)(=O)c1cccc(Cl)c1)OCC. The Kier molecular flexibility index (Phi) is 6.74. The zero-order valence-electron chi connectivity index (χ0n) is 10.9. The number of rotatable bonds is 8. The van der Waals surface area contributed by atoms with Crippen molar-refractivity contribution in [2.75, 3.05) is 19.8 Å². The third-order valence-corrected chi connectivity index (χ3v) is 3.91. The maximum Gasteiger partial charge on any atom is 0.240 e. The van der Waals surface area contributed by atoms with Crippen LogP contribution in [0, 0.1) is 0 Å². The molecule has 19 heavy (non-hydrogen) atoms. The summed E-state index contributed by atoms with van der Waals surface area (Å²) in [5.74, 6) is 0. The second-order valence-electron chi connectivity index (χ2n) is 3.65. The molecule has 1 rings (SSSR count). The van der Waals surface area contributed by atoms with E-state index in [2.05, 4.69) is 4.72 Å². The number of nitrogens with one attached hydrogen (secondary N) is 1. The first kappa shape index (κ1) is 16.4. The Hall–Kier alpha value is -0.660. The molecule has 0 spiro atoms. The molecule has 0 aliphatic carbocycles. The zero-order chi connectivity index (χ0) is 14.3. The quantitative estimate of drug-likeness (QED) is 0.746. The van der Waals surface area contributed by atoms with Crippen LogP contribution in [0.25, 0.3) is 0 Å². The van der Waals surface area contributed by atoms with Crippen LogP contribution in [0.5, 0.6) is 0 Å². The average Bonchev–Trinajstić information content (AvgIpc) is 2.37. The minimum atomic E-state index is -3.61. The second-order valence-corrected chi connectivity index (χ2v) is 5.85. The average molecular weight is 308 g/mol. The van der Waals surface area contributed by atoms with Crippen molar-refractivity contribution in [3.8, 4) is 0 Å². The maximum absolute atomic E-state index is 12.0. The van der Waals surface area contributed by atoms with E-state index in [1.807, 2.05) is 13.8 Å². The van der Waals surface area contributed by atoms with Gasteiger partial charge in [0.25, 0.3) is 0 Å². The molecule has 0 radical (unpaired) electrons. The summed E-state index contributed by atoms with van der Waals surface area (Å²) in [4.78, 5) is 0.117. The molecule has 0 aliphatic heterocycles. The lowest BCUT2D eigenvalue weighted by Gasteiger charge is -2.17. The largest absolute Gasteiger partial charge is 0.352 e. The summed E-state index contributed by atoms with van der Waals surface area (Å²) in [7, 11) is -3.61. The second kappa shape index (κ2) is 7.81. The third kappa shape index (κ3) is 5.46. The van der Waals surface area contributed by atoms with E-state index in [0.717, 1.165) is 0 Å². The molecule has 0 atom stereocenters. The number of hydrogen-bond acceptors (Lipinski definition) is 4. The van der Waals surface area contributed by atoms with Crippen molar-refractivity contribution >= 4 is 21.6 Å². The summed E-state index contributed by atoms with van der Waals surface area (Å²) in [6.45, 7) is 4.58. The maximum atomic E-state index is 12.0. The van der Waals surface area contributed by atoms with Crippen LogP contribution in [0.1, 0.15) is 13.8 Å². The third-order valence-electron chi connectivity index (χ3n) is 2.25. The standard InChI is InChI=1S/C12H18ClNO4S/c1-3-17-12(18-4-2)9-14-19(15,16)11-7-5-6-10(13)8-11/h5-8,12,14H,3-4,9H2,1-2H3. The molecular formula is C12H18ClNO4S. The van der Waals surface area contributed by atoms with E-state index in [0.29, 0.717) is 18.2 Å².